The van der Waals surface area contributed by atoms with Crippen LogP contribution in [0.15, 0.2) is 30.3 Å². The Morgan fingerprint density at radius 3 is 2.36 bits per heavy atom. The van der Waals surface area contributed by atoms with Crippen molar-refractivity contribution in [3.05, 3.63) is 58.1 Å². The molecule has 1 amide bonds. The maximum Gasteiger partial charge on any atom is 0.257 e. The van der Waals surface area contributed by atoms with Crippen LogP contribution in [0.1, 0.15) is 32.6 Å². The van der Waals surface area contributed by atoms with E-state index >= 15 is 0 Å². The molecular weight excluding hydrogens is 292 g/mol. The van der Waals surface area contributed by atoms with E-state index in [4.69, 9.17) is 0 Å². The lowest BCUT2D eigenvalue weighted by Crippen LogP contribution is -2.15. The third kappa shape index (κ3) is 2.62. The van der Waals surface area contributed by atoms with Gasteiger partial charge in [0.05, 0.1) is 10.2 Å². The molecule has 0 radical (unpaired) electrons. The molecule has 0 spiro atoms. The highest BCUT2D eigenvalue weighted by Gasteiger charge is 2.15. The summed E-state index contributed by atoms with van der Waals surface area (Å²) in [5, 5.41) is 3.59. The molecule has 0 aliphatic heterocycles. The number of hydrogen-bond acceptors (Lipinski definition) is 3. The second kappa shape index (κ2) is 5.54. The van der Waals surface area contributed by atoms with Crippen molar-refractivity contribution in [1.82, 2.24) is 4.98 Å². The molecule has 112 valence electrons. The molecule has 1 heterocycles. The monoisotopic (exact) mass is 310 g/mol. The van der Waals surface area contributed by atoms with E-state index in [9.17, 15) is 4.79 Å². The van der Waals surface area contributed by atoms with Crippen LogP contribution in [-0.2, 0) is 0 Å². The minimum absolute atomic E-state index is 0.0910. The van der Waals surface area contributed by atoms with Crippen LogP contribution in [0, 0.1) is 27.7 Å². The molecule has 1 aromatic heterocycles. The minimum Gasteiger partial charge on any atom is -0.298 e. The van der Waals surface area contributed by atoms with Gasteiger partial charge in [-0.15, -0.1) is 0 Å². The summed E-state index contributed by atoms with van der Waals surface area (Å²) in [5.41, 5.74) is 5.97. The number of aromatic nitrogens is 1. The number of fused-ring (bicyclic) bond motifs is 1. The predicted molar refractivity (Wildman–Crippen MR) is 93.0 cm³/mol. The summed E-state index contributed by atoms with van der Waals surface area (Å²) in [6, 6.07) is 10.1. The molecule has 0 atom stereocenters. The number of nitrogens with one attached hydrogen (secondary N) is 1. The molecule has 3 rings (SSSR count). The number of aryl methyl sites for hydroxylation is 4. The first-order valence-electron chi connectivity index (χ1n) is 7.21. The lowest BCUT2D eigenvalue weighted by atomic mass is 9.99. The Labute approximate surface area is 134 Å². The van der Waals surface area contributed by atoms with Gasteiger partial charge in [-0.05, 0) is 50.5 Å². The Kier molecular flexibility index (Phi) is 3.71. The average molecular weight is 310 g/mol. The summed E-state index contributed by atoms with van der Waals surface area (Å²) in [6.45, 7) is 8.01. The Morgan fingerprint density at radius 1 is 1.05 bits per heavy atom. The maximum absolute atomic E-state index is 12.6. The molecule has 0 saturated heterocycles. The van der Waals surface area contributed by atoms with Crippen LogP contribution in [0.25, 0.3) is 10.2 Å². The van der Waals surface area contributed by atoms with Gasteiger partial charge < -0.3 is 0 Å². The quantitative estimate of drug-likeness (QED) is 0.740. The fraction of sp³-hybridized carbons (Fsp3) is 0.222. The predicted octanol–water partition coefficient (Wildman–Crippen LogP) is 4.78. The van der Waals surface area contributed by atoms with Crippen LogP contribution >= 0.6 is 11.3 Å². The summed E-state index contributed by atoms with van der Waals surface area (Å²) in [4.78, 5) is 17.1. The van der Waals surface area contributed by atoms with E-state index in [2.05, 4.69) is 10.3 Å². The Bertz CT molecular complexity index is 857. The number of anilines is 1. The Morgan fingerprint density at radius 2 is 1.73 bits per heavy atom. The molecule has 0 fully saturated rings. The van der Waals surface area contributed by atoms with Crippen LogP contribution in [0.5, 0.6) is 0 Å². The zero-order chi connectivity index (χ0) is 15.9. The van der Waals surface area contributed by atoms with Gasteiger partial charge in [0.15, 0.2) is 5.13 Å². The molecule has 0 bridgehead atoms. The molecule has 3 aromatic rings. The standard InChI is InChI=1S/C18H18N2OS/c1-10-8-12(3)15(13(4)9-10)17(21)20-18-19-16-11(2)6-5-7-14(16)22-18/h5-9H,1-4H3,(H,19,20,21). The molecule has 0 aliphatic carbocycles. The molecular formula is C18H18N2OS. The minimum atomic E-state index is -0.0910. The first-order chi connectivity index (χ1) is 10.5. The first-order valence-corrected chi connectivity index (χ1v) is 8.02. The average Bonchev–Trinajstić information content (AvgIpc) is 2.81. The van der Waals surface area contributed by atoms with Gasteiger partial charge in [0, 0.05) is 5.56 Å². The van der Waals surface area contributed by atoms with Crippen molar-refractivity contribution in [3.8, 4) is 0 Å². The van der Waals surface area contributed by atoms with Gasteiger partial charge in [0.2, 0.25) is 0 Å². The number of carbonyl (C=O) groups excluding carboxylic acids is 1. The van der Waals surface area contributed by atoms with E-state index in [0.717, 1.165) is 32.5 Å². The maximum atomic E-state index is 12.6. The number of thiazole rings is 1. The third-order valence-electron chi connectivity index (χ3n) is 3.75. The van der Waals surface area contributed by atoms with Gasteiger partial charge in [-0.3, -0.25) is 10.1 Å². The number of carbonyl (C=O) groups is 1. The molecule has 22 heavy (non-hydrogen) atoms. The summed E-state index contributed by atoms with van der Waals surface area (Å²) in [5.74, 6) is -0.0910. The Hall–Kier alpha value is -2.20. The molecule has 1 N–H and O–H groups in total. The van der Waals surface area contributed by atoms with Crippen LogP contribution in [-0.4, -0.2) is 10.9 Å². The van der Waals surface area contributed by atoms with E-state index in [-0.39, 0.29) is 5.91 Å². The van der Waals surface area contributed by atoms with E-state index in [1.54, 1.807) is 0 Å². The number of hydrogen-bond donors (Lipinski definition) is 1. The fourth-order valence-corrected chi connectivity index (χ4v) is 3.78. The van der Waals surface area contributed by atoms with Crippen LogP contribution in [0.4, 0.5) is 5.13 Å². The number of rotatable bonds is 2. The smallest absolute Gasteiger partial charge is 0.257 e. The first kappa shape index (κ1) is 14.7. The third-order valence-corrected chi connectivity index (χ3v) is 4.68. The zero-order valence-electron chi connectivity index (χ0n) is 13.2. The molecule has 0 saturated carbocycles. The lowest BCUT2D eigenvalue weighted by molar-refractivity contribution is 0.102. The van der Waals surface area contributed by atoms with Crippen molar-refractivity contribution < 1.29 is 4.79 Å². The molecule has 0 aliphatic rings. The van der Waals surface area contributed by atoms with Crippen molar-refractivity contribution in [2.45, 2.75) is 27.7 Å². The van der Waals surface area contributed by atoms with Crippen molar-refractivity contribution in [2.24, 2.45) is 0 Å². The molecule has 2 aromatic carbocycles. The molecule has 3 nitrogen and oxygen atoms in total. The summed E-state index contributed by atoms with van der Waals surface area (Å²) in [6.07, 6.45) is 0. The topological polar surface area (TPSA) is 42.0 Å². The van der Waals surface area contributed by atoms with E-state index in [0.29, 0.717) is 5.13 Å². The number of para-hydroxylation sites is 1. The zero-order valence-corrected chi connectivity index (χ0v) is 14.0. The van der Waals surface area contributed by atoms with E-state index in [1.807, 2.05) is 58.0 Å². The highest BCUT2D eigenvalue weighted by Crippen LogP contribution is 2.28. The summed E-state index contributed by atoms with van der Waals surface area (Å²) < 4.78 is 1.09. The fourth-order valence-electron chi connectivity index (χ4n) is 2.84. The second-order valence-corrected chi connectivity index (χ2v) is 6.70. The van der Waals surface area contributed by atoms with Gasteiger partial charge in [-0.25, -0.2) is 4.98 Å². The normalized spacial score (nSPS) is 10.9. The van der Waals surface area contributed by atoms with Gasteiger partial charge in [0.1, 0.15) is 0 Å². The lowest BCUT2D eigenvalue weighted by Gasteiger charge is -2.10. The summed E-state index contributed by atoms with van der Waals surface area (Å²) >= 11 is 1.51. The van der Waals surface area contributed by atoms with Crippen molar-refractivity contribution in [1.29, 1.82) is 0 Å². The molecule has 0 unspecified atom stereocenters. The largest absolute Gasteiger partial charge is 0.298 e. The molecule has 4 heteroatoms. The van der Waals surface area contributed by atoms with Crippen molar-refractivity contribution in [3.63, 3.8) is 0 Å². The Balaban J connectivity index is 1.95. The number of benzene rings is 2. The van der Waals surface area contributed by atoms with Crippen molar-refractivity contribution >= 4 is 32.6 Å². The van der Waals surface area contributed by atoms with Crippen LogP contribution in [0.3, 0.4) is 0 Å². The van der Waals surface area contributed by atoms with Crippen LogP contribution < -0.4 is 5.32 Å². The van der Waals surface area contributed by atoms with E-state index < -0.39 is 0 Å². The van der Waals surface area contributed by atoms with Gasteiger partial charge in [-0.1, -0.05) is 41.2 Å². The summed E-state index contributed by atoms with van der Waals surface area (Å²) in [7, 11) is 0. The van der Waals surface area contributed by atoms with Gasteiger partial charge >= 0.3 is 0 Å². The highest BCUT2D eigenvalue weighted by atomic mass is 32.1. The van der Waals surface area contributed by atoms with Gasteiger partial charge in [-0.2, -0.15) is 0 Å². The second-order valence-electron chi connectivity index (χ2n) is 5.67. The SMILES string of the molecule is Cc1cc(C)c(C(=O)Nc2nc3c(C)cccc3s2)c(C)c1. The van der Waals surface area contributed by atoms with Gasteiger partial charge in [0.25, 0.3) is 5.91 Å². The van der Waals surface area contributed by atoms with Crippen LogP contribution in [0.2, 0.25) is 0 Å². The number of amides is 1. The van der Waals surface area contributed by atoms with E-state index in [1.165, 1.54) is 16.9 Å². The highest BCUT2D eigenvalue weighted by molar-refractivity contribution is 7.22. The number of nitrogens with zero attached hydrogens (tertiary/aromatic N) is 1. The van der Waals surface area contributed by atoms with Crippen molar-refractivity contribution in [2.75, 3.05) is 5.32 Å².